The minimum atomic E-state index is -0.265. The van der Waals surface area contributed by atoms with E-state index in [1.807, 2.05) is 30.3 Å². The van der Waals surface area contributed by atoms with E-state index in [1.165, 1.54) is 4.90 Å². The molecule has 9 heteroatoms. The van der Waals surface area contributed by atoms with Gasteiger partial charge in [0.2, 0.25) is 0 Å². The highest BCUT2D eigenvalue weighted by Crippen LogP contribution is 2.29. The van der Waals surface area contributed by atoms with Gasteiger partial charge in [0, 0.05) is 31.8 Å². The van der Waals surface area contributed by atoms with Gasteiger partial charge < -0.3 is 29.0 Å². The zero-order valence-corrected chi connectivity index (χ0v) is 17.1. The topological polar surface area (TPSA) is 99.0 Å². The number of nitrogens with zero attached hydrogens (tertiary/aromatic N) is 3. The molecule has 1 heterocycles. The lowest BCUT2D eigenvalue weighted by Gasteiger charge is -2.17. The third-order valence-corrected chi connectivity index (χ3v) is 4.27. The van der Waals surface area contributed by atoms with Crippen LogP contribution in [0.5, 0.6) is 17.2 Å². The van der Waals surface area contributed by atoms with E-state index >= 15 is 0 Å². The molecule has 3 rings (SSSR count). The molecule has 0 saturated carbocycles. The normalized spacial score (nSPS) is 10.4. The number of amides is 2. The summed E-state index contributed by atoms with van der Waals surface area (Å²) in [5.41, 5.74) is 0.601. The minimum Gasteiger partial charge on any atom is -0.493 e. The highest BCUT2D eigenvalue weighted by Gasteiger charge is 2.13. The molecule has 2 amide bonds. The molecule has 30 heavy (non-hydrogen) atoms. The number of nitrogens with one attached hydrogen (secondary N) is 1. The van der Waals surface area contributed by atoms with Crippen LogP contribution >= 0.6 is 0 Å². The molecule has 1 N–H and O–H groups in total. The van der Waals surface area contributed by atoms with Crippen LogP contribution in [0.3, 0.4) is 0 Å². The number of likely N-dealkylation sites (N-methyl/N-ethyl adjacent to an activating group) is 1. The minimum absolute atomic E-state index is 0.187. The van der Waals surface area contributed by atoms with E-state index in [0.29, 0.717) is 41.9 Å². The van der Waals surface area contributed by atoms with Crippen molar-refractivity contribution >= 4 is 11.7 Å². The second-order valence-electron chi connectivity index (χ2n) is 6.38. The highest BCUT2D eigenvalue weighted by atomic mass is 16.5. The van der Waals surface area contributed by atoms with Gasteiger partial charge in [0.25, 0.3) is 5.89 Å². The number of hydrogen-bond donors (Lipinski definition) is 1. The number of carbonyl (C=O) groups excluding carboxylic acids is 1. The third-order valence-electron chi connectivity index (χ3n) is 4.27. The van der Waals surface area contributed by atoms with Crippen molar-refractivity contribution < 1.29 is 23.5 Å². The van der Waals surface area contributed by atoms with Gasteiger partial charge in [-0.2, -0.15) is 4.98 Å². The number of aromatic nitrogens is 2. The largest absolute Gasteiger partial charge is 0.493 e. The van der Waals surface area contributed by atoms with Gasteiger partial charge in [-0.1, -0.05) is 23.4 Å². The number of urea groups is 1. The Morgan fingerprint density at radius 2 is 1.87 bits per heavy atom. The summed E-state index contributed by atoms with van der Waals surface area (Å²) in [4.78, 5) is 18.2. The number of hydrogen-bond acceptors (Lipinski definition) is 7. The predicted molar refractivity (Wildman–Crippen MR) is 110 cm³/mol. The summed E-state index contributed by atoms with van der Waals surface area (Å²) in [6.07, 6.45) is 0.449. The number of para-hydroxylation sites is 1. The second-order valence-corrected chi connectivity index (χ2v) is 6.38. The molecule has 0 unspecified atom stereocenters. The summed E-state index contributed by atoms with van der Waals surface area (Å²) in [5.74, 6) is 2.74. The first-order valence-corrected chi connectivity index (χ1v) is 9.32. The van der Waals surface area contributed by atoms with Gasteiger partial charge in [-0.05, 0) is 24.3 Å². The molecule has 158 valence electrons. The van der Waals surface area contributed by atoms with Crippen molar-refractivity contribution in [1.82, 2.24) is 15.0 Å². The molecule has 0 bridgehead atoms. The standard InChI is InChI=1S/C21H24N4O5/c1-25(21(26)22-15-9-10-17(27-2)18(13-15)28-3)12-11-19-23-20(30-24-19)14-29-16-7-5-4-6-8-16/h4-10,13H,11-12,14H2,1-3H3,(H,22,26). The number of methoxy groups -OCH3 is 2. The SMILES string of the molecule is COc1ccc(NC(=O)N(C)CCc2noc(COc3ccccc3)n2)cc1OC. The molecule has 1 aromatic heterocycles. The van der Waals surface area contributed by atoms with Crippen LogP contribution < -0.4 is 19.5 Å². The number of anilines is 1. The molecule has 9 nitrogen and oxygen atoms in total. The Kier molecular flexibility index (Phi) is 7.09. The first-order chi connectivity index (χ1) is 14.6. The predicted octanol–water partition coefficient (Wildman–Crippen LogP) is 3.37. The van der Waals surface area contributed by atoms with Gasteiger partial charge >= 0.3 is 6.03 Å². The molecule has 0 radical (unpaired) electrons. The third kappa shape index (κ3) is 5.63. The van der Waals surface area contributed by atoms with Crippen molar-refractivity contribution in [3.05, 3.63) is 60.2 Å². The monoisotopic (exact) mass is 412 g/mol. The van der Waals surface area contributed by atoms with E-state index < -0.39 is 0 Å². The van der Waals surface area contributed by atoms with Crippen LogP contribution in [0.25, 0.3) is 0 Å². The van der Waals surface area contributed by atoms with Crippen LogP contribution in [0.4, 0.5) is 10.5 Å². The Morgan fingerprint density at radius 1 is 1.10 bits per heavy atom. The van der Waals surface area contributed by atoms with Gasteiger partial charge in [0.1, 0.15) is 5.75 Å². The Balaban J connectivity index is 1.47. The maximum absolute atomic E-state index is 12.4. The molecule has 0 aliphatic carbocycles. The van der Waals surface area contributed by atoms with E-state index in [-0.39, 0.29) is 12.6 Å². The Morgan fingerprint density at radius 3 is 2.60 bits per heavy atom. The average molecular weight is 412 g/mol. The summed E-state index contributed by atoms with van der Waals surface area (Å²) in [5, 5.41) is 6.75. The summed E-state index contributed by atoms with van der Waals surface area (Å²) >= 11 is 0. The van der Waals surface area contributed by atoms with E-state index in [1.54, 1.807) is 39.5 Å². The van der Waals surface area contributed by atoms with Crippen LogP contribution in [-0.2, 0) is 13.0 Å². The Hall–Kier alpha value is -3.75. The molecule has 0 fully saturated rings. The number of ether oxygens (including phenoxy) is 3. The van der Waals surface area contributed by atoms with Gasteiger partial charge in [0.05, 0.1) is 14.2 Å². The van der Waals surface area contributed by atoms with Gasteiger partial charge in [-0.15, -0.1) is 0 Å². The smallest absolute Gasteiger partial charge is 0.321 e. The quantitative estimate of drug-likeness (QED) is 0.575. The molecule has 3 aromatic rings. The second kappa shape index (κ2) is 10.1. The zero-order valence-electron chi connectivity index (χ0n) is 17.1. The maximum Gasteiger partial charge on any atom is 0.321 e. The fourth-order valence-electron chi connectivity index (χ4n) is 2.61. The fourth-order valence-corrected chi connectivity index (χ4v) is 2.61. The lowest BCUT2D eigenvalue weighted by atomic mass is 10.2. The molecule has 0 saturated heterocycles. The maximum atomic E-state index is 12.4. The van der Waals surface area contributed by atoms with E-state index in [4.69, 9.17) is 18.7 Å². The Labute approximate surface area is 174 Å². The fraction of sp³-hybridized carbons (Fsp3) is 0.286. The van der Waals surface area contributed by atoms with Gasteiger partial charge in [0.15, 0.2) is 23.9 Å². The van der Waals surface area contributed by atoms with E-state index in [0.717, 1.165) is 5.75 Å². The number of carbonyl (C=O) groups is 1. The van der Waals surface area contributed by atoms with Crippen molar-refractivity contribution in [2.24, 2.45) is 0 Å². The molecule has 0 spiro atoms. The summed E-state index contributed by atoms with van der Waals surface area (Å²) in [6, 6.07) is 14.3. The van der Waals surface area contributed by atoms with Crippen molar-refractivity contribution in [3.8, 4) is 17.2 Å². The van der Waals surface area contributed by atoms with Gasteiger partial charge in [-0.3, -0.25) is 0 Å². The van der Waals surface area contributed by atoms with Crippen LogP contribution in [0, 0.1) is 0 Å². The summed E-state index contributed by atoms with van der Waals surface area (Å²) < 4.78 is 21.2. The van der Waals surface area contributed by atoms with Crippen molar-refractivity contribution in [2.75, 3.05) is 33.1 Å². The number of benzene rings is 2. The van der Waals surface area contributed by atoms with Crippen molar-refractivity contribution in [3.63, 3.8) is 0 Å². The molecule has 2 aromatic carbocycles. The van der Waals surface area contributed by atoms with Crippen LogP contribution in [0.15, 0.2) is 53.1 Å². The first kappa shape index (κ1) is 21.0. The van der Waals surface area contributed by atoms with Crippen molar-refractivity contribution in [2.45, 2.75) is 13.0 Å². The molecule has 0 aliphatic heterocycles. The van der Waals surface area contributed by atoms with Crippen LogP contribution in [-0.4, -0.2) is 48.9 Å². The summed E-state index contributed by atoms with van der Waals surface area (Å²) in [6.45, 7) is 0.601. The Bertz CT molecular complexity index is 961. The lowest BCUT2D eigenvalue weighted by Crippen LogP contribution is -2.33. The van der Waals surface area contributed by atoms with E-state index in [2.05, 4.69) is 15.5 Å². The molecule has 0 aliphatic rings. The van der Waals surface area contributed by atoms with Gasteiger partial charge in [-0.25, -0.2) is 4.79 Å². The molecular weight excluding hydrogens is 388 g/mol. The average Bonchev–Trinajstić information content (AvgIpc) is 3.24. The molecular formula is C21H24N4O5. The first-order valence-electron chi connectivity index (χ1n) is 9.32. The summed E-state index contributed by atoms with van der Waals surface area (Å²) in [7, 11) is 4.79. The zero-order chi connectivity index (χ0) is 21.3. The van der Waals surface area contributed by atoms with E-state index in [9.17, 15) is 4.79 Å². The van der Waals surface area contributed by atoms with Crippen molar-refractivity contribution in [1.29, 1.82) is 0 Å². The van der Waals surface area contributed by atoms with Crippen LogP contribution in [0.2, 0.25) is 0 Å². The van der Waals surface area contributed by atoms with Crippen LogP contribution in [0.1, 0.15) is 11.7 Å². The number of rotatable bonds is 9. The lowest BCUT2D eigenvalue weighted by molar-refractivity contribution is 0.222. The highest BCUT2D eigenvalue weighted by molar-refractivity contribution is 5.89. The molecule has 0 atom stereocenters.